The number of hydrogen-bond donors (Lipinski definition) is 0. The molecule has 0 radical (unpaired) electrons. The number of carbonyl (C=O) groups excluding carboxylic acids is 1. The largest absolute Gasteiger partial charge is 0.315 e. The summed E-state index contributed by atoms with van der Waals surface area (Å²) in [7, 11) is -5.22. The van der Waals surface area contributed by atoms with E-state index < -0.39 is 19.9 Å². The van der Waals surface area contributed by atoms with Crippen molar-refractivity contribution in [2.75, 3.05) is 31.3 Å². The van der Waals surface area contributed by atoms with Gasteiger partial charge in [-0.15, -0.1) is 0 Å². The zero-order chi connectivity index (χ0) is 23.8. The van der Waals surface area contributed by atoms with Crippen LogP contribution in [0.4, 0.5) is 5.69 Å². The van der Waals surface area contributed by atoms with E-state index >= 15 is 0 Å². The SMILES string of the molecule is CN(C(=O)C1CCN(S(=O)(=O)c2ccc3c(c2)CCCC3)CC1)c1ccc(S(C)(=O)=O)cc1. The molecule has 0 saturated carbocycles. The molecule has 0 unspecified atom stereocenters. The molecule has 2 aromatic rings. The number of sulfone groups is 1. The second-order valence-electron chi connectivity index (χ2n) is 8.98. The Morgan fingerprint density at radius 1 is 0.879 bits per heavy atom. The number of nitrogens with zero attached hydrogens (tertiary/aromatic N) is 2. The monoisotopic (exact) mass is 490 g/mol. The Hall–Kier alpha value is -2.23. The van der Waals surface area contributed by atoms with E-state index in [2.05, 4.69) is 0 Å². The molecular formula is C24H30N2O5S2. The van der Waals surface area contributed by atoms with E-state index in [1.54, 1.807) is 25.2 Å². The third kappa shape index (κ3) is 5.00. The van der Waals surface area contributed by atoms with Gasteiger partial charge in [0.2, 0.25) is 15.9 Å². The number of hydrogen-bond acceptors (Lipinski definition) is 5. The first-order valence-electron chi connectivity index (χ1n) is 11.3. The third-order valence-corrected chi connectivity index (χ3v) is 9.77. The third-order valence-electron chi connectivity index (χ3n) is 6.74. The van der Waals surface area contributed by atoms with E-state index in [0.29, 0.717) is 36.5 Å². The highest BCUT2D eigenvalue weighted by Crippen LogP contribution is 2.29. The summed E-state index contributed by atoms with van der Waals surface area (Å²) in [6, 6.07) is 11.7. The molecule has 2 aromatic carbocycles. The number of rotatable bonds is 5. The molecule has 0 N–H and O–H groups in total. The van der Waals surface area contributed by atoms with Crippen molar-refractivity contribution in [3.63, 3.8) is 0 Å². The zero-order valence-corrected chi connectivity index (χ0v) is 20.7. The van der Waals surface area contributed by atoms with Crippen molar-refractivity contribution in [3.8, 4) is 0 Å². The van der Waals surface area contributed by atoms with Gasteiger partial charge in [-0.1, -0.05) is 6.07 Å². The van der Waals surface area contributed by atoms with Gasteiger partial charge in [0, 0.05) is 38.0 Å². The van der Waals surface area contributed by atoms with Crippen LogP contribution >= 0.6 is 0 Å². The number of anilines is 1. The van der Waals surface area contributed by atoms with Crippen LogP contribution in [0.2, 0.25) is 0 Å². The molecule has 7 nitrogen and oxygen atoms in total. The molecule has 0 bridgehead atoms. The molecule has 0 spiro atoms. The molecule has 4 rings (SSSR count). The predicted octanol–water partition coefficient (Wildman–Crippen LogP) is 3.03. The van der Waals surface area contributed by atoms with E-state index in [1.807, 2.05) is 12.1 Å². The minimum Gasteiger partial charge on any atom is -0.315 e. The number of aryl methyl sites for hydroxylation is 2. The molecule has 1 heterocycles. The van der Waals surface area contributed by atoms with E-state index in [1.165, 1.54) is 26.9 Å². The van der Waals surface area contributed by atoms with Gasteiger partial charge in [-0.3, -0.25) is 4.79 Å². The summed E-state index contributed by atoms with van der Waals surface area (Å²) in [6.45, 7) is 0.605. The van der Waals surface area contributed by atoms with Crippen LogP contribution in [-0.2, 0) is 37.5 Å². The summed E-state index contributed by atoms with van der Waals surface area (Å²) < 4.78 is 51.2. The number of sulfonamides is 1. The zero-order valence-electron chi connectivity index (χ0n) is 19.0. The van der Waals surface area contributed by atoms with Crippen LogP contribution in [0, 0.1) is 5.92 Å². The standard InChI is InChI=1S/C24H30N2O5S2/c1-25(21-8-11-22(12-9-21)32(2,28)29)24(27)19-13-15-26(16-14-19)33(30,31)23-10-7-18-5-3-4-6-20(18)17-23/h7-12,17,19H,3-6,13-16H2,1-2H3. The maximum Gasteiger partial charge on any atom is 0.243 e. The summed E-state index contributed by atoms with van der Waals surface area (Å²) in [5.74, 6) is -0.368. The molecule has 2 aliphatic rings. The Balaban J connectivity index is 1.41. The van der Waals surface area contributed by atoms with Crippen molar-refractivity contribution in [2.45, 2.75) is 48.3 Å². The second kappa shape index (κ2) is 9.19. The van der Waals surface area contributed by atoms with Crippen LogP contribution in [0.3, 0.4) is 0 Å². The number of piperidine rings is 1. The highest BCUT2D eigenvalue weighted by atomic mass is 32.2. The van der Waals surface area contributed by atoms with Gasteiger partial charge in [-0.2, -0.15) is 4.31 Å². The first kappa shape index (κ1) is 23.9. The smallest absolute Gasteiger partial charge is 0.243 e. The lowest BCUT2D eigenvalue weighted by Gasteiger charge is -2.32. The minimum atomic E-state index is -3.58. The van der Waals surface area contributed by atoms with Crippen molar-refractivity contribution in [3.05, 3.63) is 53.6 Å². The first-order chi connectivity index (χ1) is 15.6. The molecule has 1 aliphatic heterocycles. The van der Waals surface area contributed by atoms with Crippen molar-refractivity contribution < 1.29 is 21.6 Å². The van der Waals surface area contributed by atoms with Gasteiger partial charge >= 0.3 is 0 Å². The first-order valence-corrected chi connectivity index (χ1v) is 14.6. The van der Waals surface area contributed by atoms with Gasteiger partial charge in [0.25, 0.3) is 0 Å². The molecular weight excluding hydrogens is 460 g/mol. The van der Waals surface area contributed by atoms with E-state index in [0.717, 1.165) is 37.5 Å². The fourth-order valence-corrected chi connectivity index (χ4v) is 6.83. The molecule has 0 atom stereocenters. The lowest BCUT2D eigenvalue weighted by Crippen LogP contribution is -2.43. The van der Waals surface area contributed by atoms with Gasteiger partial charge in [0.15, 0.2) is 9.84 Å². The lowest BCUT2D eigenvalue weighted by molar-refractivity contribution is -0.123. The molecule has 1 saturated heterocycles. The molecule has 1 amide bonds. The van der Waals surface area contributed by atoms with Crippen molar-refractivity contribution in [2.24, 2.45) is 5.92 Å². The number of amides is 1. The van der Waals surface area contributed by atoms with Crippen LogP contribution in [0.25, 0.3) is 0 Å². The van der Waals surface area contributed by atoms with Crippen LogP contribution in [0.5, 0.6) is 0 Å². The van der Waals surface area contributed by atoms with E-state index in [4.69, 9.17) is 0 Å². The van der Waals surface area contributed by atoms with Crippen LogP contribution < -0.4 is 4.90 Å². The molecule has 9 heteroatoms. The van der Waals surface area contributed by atoms with E-state index in [-0.39, 0.29) is 16.7 Å². The normalized spacial score (nSPS) is 18.0. The van der Waals surface area contributed by atoms with Gasteiger partial charge in [-0.25, -0.2) is 16.8 Å². The minimum absolute atomic E-state index is 0.0899. The average Bonchev–Trinajstić information content (AvgIpc) is 2.82. The summed E-state index contributed by atoms with van der Waals surface area (Å²) in [4.78, 5) is 15.1. The van der Waals surface area contributed by atoms with Crippen LogP contribution in [-0.4, -0.2) is 53.4 Å². The van der Waals surface area contributed by atoms with Gasteiger partial charge in [0.05, 0.1) is 9.79 Å². The highest BCUT2D eigenvalue weighted by Gasteiger charge is 2.33. The van der Waals surface area contributed by atoms with Crippen molar-refractivity contribution >= 4 is 31.5 Å². The van der Waals surface area contributed by atoms with E-state index in [9.17, 15) is 21.6 Å². The molecule has 178 valence electrons. The summed E-state index contributed by atoms with van der Waals surface area (Å²) in [5, 5.41) is 0. The summed E-state index contributed by atoms with van der Waals surface area (Å²) in [5.41, 5.74) is 2.99. The predicted molar refractivity (Wildman–Crippen MR) is 128 cm³/mol. The molecule has 1 fully saturated rings. The average molecular weight is 491 g/mol. The summed E-state index contributed by atoms with van der Waals surface area (Å²) in [6.07, 6.45) is 6.22. The second-order valence-corrected chi connectivity index (χ2v) is 12.9. The number of fused-ring (bicyclic) bond motifs is 1. The number of benzene rings is 2. The lowest BCUT2D eigenvalue weighted by atomic mass is 9.92. The maximum absolute atomic E-state index is 13.2. The Bertz CT molecular complexity index is 1250. The summed E-state index contributed by atoms with van der Waals surface area (Å²) >= 11 is 0. The quantitative estimate of drug-likeness (QED) is 0.642. The van der Waals surface area contributed by atoms with Gasteiger partial charge in [0.1, 0.15) is 0 Å². The Labute approximate surface area is 196 Å². The van der Waals surface area contributed by atoms with Crippen LogP contribution in [0.15, 0.2) is 52.3 Å². The fraction of sp³-hybridized carbons (Fsp3) is 0.458. The fourth-order valence-electron chi connectivity index (χ4n) is 4.68. The Morgan fingerprint density at radius 2 is 1.45 bits per heavy atom. The maximum atomic E-state index is 13.2. The van der Waals surface area contributed by atoms with Crippen molar-refractivity contribution in [1.29, 1.82) is 0 Å². The number of carbonyl (C=O) groups is 1. The molecule has 0 aromatic heterocycles. The highest BCUT2D eigenvalue weighted by molar-refractivity contribution is 7.90. The van der Waals surface area contributed by atoms with Crippen molar-refractivity contribution in [1.82, 2.24) is 4.31 Å². The Kier molecular flexibility index (Phi) is 6.66. The van der Waals surface area contributed by atoms with Gasteiger partial charge in [-0.05, 0) is 86.1 Å². The topological polar surface area (TPSA) is 91.8 Å². The van der Waals surface area contributed by atoms with Crippen LogP contribution in [0.1, 0.15) is 36.8 Å². The Morgan fingerprint density at radius 3 is 2.06 bits per heavy atom. The van der Waals surface area contributed by atoms with Gasteiger partial charge < -0.3 is 4.90 Å². The molecule has 33 heavy (non-hydrogen) atoms. The molecule has 1 aliphatic carbocycles.